The Morgan fingerprint density at radius 2 is 0.875 bits per heavy atom. The van der Waals surface area contributed by atoms with Crippen molar-refractivity contribution in [1.29, 1.82) is 0 Å². The molecule has 1 aromatic heterocycles. The summed E-state index contributed by atoms with van der Waals surface area (Å²) in [5.74, 6) is -2.62. The largest absolute Gasteiger partial charge is 0.208 e. The van der Waals surface area contributed by atoms with Crippen LogP contribution in [0.3, 0.4) is 0 Å². The maximum atomic E-state index is 9.55. The summed E-state index contributed by atoms with van der Waals surface area (Å²) in [7, 11) is 0. The predicted molar refractivity (Wildman–Crippen MR) is 200 cm³/mol. The van der Waals surface area contributed by atoms with Crippen LogP contribution >= 0.6 is 0 Å². The highest BCUT2D eigenvalue weighted by Gasteiger charge is 2.15. The fourth-order valence-electron chi connectivity index (χ4n) is 4.83. The maximum Gasteiger partial charge on any atom is 0.164 e. The van der Waals surface area contributed by atoms with Crippen molar-refractivity contribution in [2.75, 3.05) is 0 Å². The zero-order chi connectivity index (χ0) is 56.2. The van der Waals surface area contributed by atoms with Crippen molar-refractivity contribution in [3.8, 4) is 56.4 Å². The van der Waals surface area contributed by atoms with Gasteiger partial charge in [-0.3, -0.25) is 0 Å². The van der Waals surface area contributed by atoms with Gasteiger partial charge in [0.15, 0.2) is 17.5 Å². The zero-order valence-electron chi connectivity index (χ0n) is 51.9. The molecule has 0 radical (unpaired) electrons. The Bertz CT molecular complexity index is 4150. The van der Waals surface area contributed by atoms with Crippen molar-refractivity contribution < 1.29 is 38.4 Å². The SMILES string of the molecule is [2H]c1c([2H])c([2H])c(-c2nc(-c3c([2H])c([2H])c4c([2H])c(-c5c([2H])c([2H])c([2H])c6c([2H])c([2H])c([2H])c([2H])c56)c([2H])c([2H])c4c3[2H])nc(-c3c([2H])c([2H])c([2H])c4c([2H])cc(-c5c([2H])c([2H])c([2H])c([2H])c5[2H])c([2H])c34)n2)c([2H])c1[2H]. The first kappa shape index (κ1) is 11.4. The molecule has 3 nitrogen and oxygen atoms in total. The average molecular weight is 640 g/mol. The molecule has 0 bridgehead atoms. The van der Waals surface area contributed by atoms with Gasteiger partial charge in [-0.25, -0.2) is 15.0 Å². The lowest BCUT2D eigenvalue weighted by Gasteiger charge is -2.12. The van der Waals surface area contributed by atoms with Gasteiger partial charge in [0.1, 0.15) is 0 Å². The van der Waals surface area contributed by atoms with Crippen molar-refractivity contribution in [3.63, 3.8) is 0 Å². The van der Waals surface area contributed by atoms with E-state index in [1.54, 1.807) is 0 Å². The van der Waals surface area contributed by atoms with Crippen LogP contribution in [-0.2, 0) is 0 Å². The van der Waals surface area contributed by atoms with Gasteiger partial charge in [-0.05, 0) is 72.7 Å². The Morgan fingerprint density at radius 3 is 1.65 bits per heavy atom. The predicted octanol–water partition coefficient (Wildman–Crippen LogP) is 11.7. The van der Waals surface area contributed by atoms with Crippen LogP contribution in [-0.4, -0.2) is 15.0 Å². The van der Waals surface area contributed by atoms with Crippen molar-refractivity contribution in [2.24, 2.45) is 0 Å². The summed E-state index contributed by atoms with van der Waals surface area (Å²) in [6.07, 6.45) is 0. The van der Waals surface area contributed by atoms with Crippen LogP contribution in [0.25, 0.3) is 88.7 Å². The minimum Gasteiger partial charge on any atom is -0.208 e. The minimum atomic E-state index is -1.03. The van der Waals surface area contributed by atoms with Crippen LogP contribution in [0.15, 0.2) is 175 Å². The third-order valence-electron chi connectivity index (χ3n) is 7.01. The average Bonchev–Trinajstić information content (AvgIpc) is 3.38. The first-order chi connectivity index (χ1) is 35.4. The van der Waals surface area contributed by atoms with Gasteiger partial charge in [0, 0.05) is 16.7 Å². The summed E-state index contributed by atoms with van der Waals surface area (Å²) < 4.78 is 246. The molecular formula is C45H29N3. The fraction of sp³-hybridized carbons (Fsp3) is 0. The normalized spacial score (nSPS) is 19.5. The van der Waals surface area contributed by atoms with Crippen molar-refractivity contribution >= 4 is 32.3 Å². The molecule has 48 heavy (non-hydrogen) atoms. The maximum absolute atomic E-state index is 9.55. The molecule has 8 aromatic carbocycles. The molecular weight excluding hydrogens is 583 g/mol. The van der Waals surface area contributed by atoms with Crippen LogP contribution < -0.4 is 0 Å². The van der Waals surface area contributed by atoms with E-state index in [1.807, 2.05) is 0 Å². The third kappa shape index (κ3) is 5.08. The molecule has 224 valence electrons. The Labute approximate surface area is 318 Å². The Kier molecular flexibility index (Phi) is 2.78. The molecule has 0 amide bonds. The van der Waals surface area contributed by atoms with E-state index in [1.165, 1.54) is 0 Å². The van der Waals surface area contributed by atoms with Crippen LogP contribution in [0.1, 0.15) is 38.4 Å². The number of nitrogens with zero attached hydrogens (tertiary/aromatic N) is 3. The van der Waals surface area contributed by atoms with Crippen molar-refractivity contribution in [3.05, 3.63) is 175 Å². The van der Waals surface area contributed by atoms with Crippen LogP contribution in [0.5, 0.6) is 0 Å². The lowest BCUT2D eigenvalue weighted by atomic mass is 9.95. The van der Waals surface area contributed by atoms with Gasteiger partial charge in [0.25, 0.3) is 0 Å². The highest BCUT2D eigenvalue weighted by molar-refractivity contribution is 6.00. The second-order valence-electron chi connectivity index (χ2n) is 9.88. The second kappa shape index (κ2) is 11.7. The topological polar surface area (TPSA) is 38.7 Å². The van der Waals surface area contributed by atoms with E-state index in [4.69, 9.17) is 27.4 Å². The van der Waals surface area contributed by atoms with E-state index >= 15 is 0 Å². The number of aromatic nitrogens is 3. The molecule has 0 unspecified atom stereocenters. The number of benzene rings is 8. The van der Waals surface area contributed by atoms with Crippen molar-refractivity contribution in [1.82, 2.24) is 15.0 Å². The molecule has 3 heteroatoms. The second-order valence-corrected chi connectivity index (χ2v) is 9.88. The van der Waals surface area contributed by atoms with Gasteiger partial charge in [-0.1, -0.05) is 157 Å². The molecule has 0 saturated carbocycles. The van der Waals surface area contributed by atoms with E-state index in [0.717, 1.165) is 6.07 Å². The van der Waals surface area contributed by atoms with Crippen molar-refractivity contribution in [2.45, 2.75) is 0 Å². The first-order valence-corrected chi connectivity index (χ1v) is 13.9. The molecule has 0 fully saturated rings. The van der Waals surface area contributed by atoms with Gasteiger partial charge < -0.3 is 0 Å². The molecule has 9 rings (SSSR count). The quantitative estimate of drug-likeness (QED) is 0.188. The Morgan fingerprint density at radius 1 is 0.312 bits per heavy atom. The molecule has 0 aliphatic rings. The number of hydrogen-bond donors (Lipinski definition) is 0. The number of rotatable bonds is 5. The summed E-state index contributed by atoms with van der Waals surface area (Å²) in [5.41, 5.74) is -4.78. The zero-order valence-corrected chi connectivity index (χ0v) is 23.9. The van der Waals surface area contributed by atoms with E-state index < -0.39 is 258 Å². The van der Waals surface area contributed by atoms with E-state index in [-0.39, 0.29) is 0 Å². The van der Waals surface area contributed by atoms with E-state index in [9.17, 15) is 11.0 Å². The third-order valence-corrected chi connectivity index (χ3v) is 7.01. The number of fused-ring (bicyclic) bond motifs is 3. The van der Waals surface area contributed by atoms with E-state index in [0.29, 0.717) is 0 Å². The molecule has 0 N–H and O–H groups in total. The van der Waals surface area contributed by atoms with Gasteiger partial charge in [-0.2, -0.15) is 0 Å². The molecule has 1 heterocycles. The molecule has 0 aliphatic carbocycles. The first-order valence-electron chi connectivity index (χ1n) is 27.9. The smallest absolute Gasteiger partial charge is 0.164 e. The lowest BCUT2D eigenvalue weighted by molar-refractivity contribution is 1.08. The summed E-state index contributed by atoms with van der Waals surface area (Å²) in [5, 5.41) is -3.70. The Balaban J connectivity index is 1.44. The summed E-state index contributed by atoms with van der Waals surface area (Å²) >= 11 is 0. The van der Waals surface area contributed by atoms with Crippen LogP contribution in [0.2, 0.25) is 0 Å². The molecule has 0 saturated heterocycles. The molecule has 0 aliphatic heterocycles. The summed E-state index contributed by atoms with van der Waals surface area (Å²) in [6, 6.07) is -23.6. The fourth-order valence-corrected chi connectivity index (χ4v) is 4.83. The summed E-state index contributed by atoms with van der Waals surface area (Å²) in [6.45, 7) is 0. The van der Waals surface area contributed by atoms with Crippen LogP contribution in [0, 0.1) is 0 Å². The Hall–Kier alpha value is -6.45. The van der Waals surface area contributed by atoms with Gasteiger partial charge in [0.05, 0.1) is 38.4 Å². The summed E-state index contributed by atoms with van der Waals surface area (Å²) in [4.78, 5) is 13.0. The van der Waals surface area contributed by atoms with Gasteiger partial charge in [0.2, 0.25) is 0 Å². The lowest BCUT2D eigenvalue weighted by Crippen LogP contribution is -2.00. The highest BCUT2D eigenvalue weighted by Crippen LogP contribution is 2.35. The molecule has 0 spiro atoms. The highest BCUT2D eigenvalue weighted by atomic mass is 15.0. The monoisotopic (exact) mass is 639 g/mol. The van der Waals surface area contributed by atoms with Gasteiger partial charge >= 0.3 is 0 Å². The molecule has 0 atom stereocenters. The van der Waals surface area contributed by atoms with Crippen LogP contribution in [0.4, 0.5) is 0 Å². The molecule has 9 aromatic rings. The van der Waals surface area contributed by atoms with Gasteiger partial charge in [-0.15, -0.1) is 0 Å². The van der Waals surface area contributed by atoms with E-state index in [2.05, 4.69) is 15.0 Å². The number of hydrogen-bond acceptors (Lipinski definition) is 3. The standard InChI is InChI=1S/C45H29N3/c1-3-11-30(12-4-1)36-22-21-32-17-10-20-41(42(32)29-36)45-47-43(33-14-5-2-6-15-33)46-44(48-45)38-26-24-34-27-37(25-23-35(34)28-38)40-19-9-16-31-13-7-8-18-39(31)40/h1-29H/i1D,2D,3D,4D,5D,6D,7D,8D,9D,10D,11D,12D,13D,14D,15D,16D,17D,18D,19D,20D,21D,23D,24D,25D,26D,27D,28D,29D. The minimum absolute atomic E-state index is 0.497.